The lowest BCUT2D eigenvalue weighted by molar-refractivity contribution is 0.0940. The zero-order chi connectivity index (χ0) is 11.6. The van der Waals surface area contributed by atoms with E-state index in [1.54, 1.807) is 17.8 Å². The first-order valence-electron chi connectivity index (χ1n) is 4.87. The molecule has 0 aromatic carbocycles. The molecule has 5 nitrogen and oxygen atoms in total. The summed E-state index contributed by atoms with van der Waals surface area (Å²) in [7, 11) is 1.80. The summed E-state index contributed by atoms with van der Waals surface area (Å²) in [5, 5.41) is 6.81. The highest BCUT2D eigenvalue weighted by Gasteiger charge is 2.15. The quantitative estimate of drug-likeness (QED) is 0.821. The van der Waals surface area contributed by atoms with Crippen LogP contribution in [0.2, 0.25) is 0 Å². The van der Waals surface area contributed by atoms with Gasteiger partial charge in [-0.05, 0) is 26.8 Å². The van der Waals surface area contributed by atoms with Crippen LogP contribution in [0.1, 0.15) is 30.0 Å². The van der Waals surface area contributed by atoms with E-state index in [4.69, 9.17) is 5.73 Å². The van der Waals surface area contributed by atoms with Gasteiger partial charge >= 0.3 is 0 Å². The molecule has 0 aliphatic carbocycles. The van der Waals surface area contributed by atoms with Gasteiger partial charge in [-0.25, -0.2) is 0 Å². The molecule has 0 atom stereocenters. The van der Waals surface area contributed by atoms with Gasteiger partial charge in [0.1, 0.15) is 5.69 Å². The molecule has 1 aromatic rings. The third kappa shape index (κ3) is 4.20. The van der Waals surface area contributed by atoms with Crippen molar-refractivity contribution in [1.29, 1.82) is 0 Å². The van der Waals surface area contributed by atoms with Gasteiger partial charge in [-0.3, -0.25) is 9.48 Å². The van der Waals surface area contributed by atoms with Crippen LogP contribution in [0.25, 0.3) is 0 Å². The average Bonchev–Trinajstić information content (AvgIpc) is 2.42. The van der Waals surface area contributed by atoms with Gasteiger partial charge in [-0.2, -0.15) is 5.10 Å². The highest BCUT2D eigenvalue weighted by molar-refractivity contribution is 5.92. The SMILES string of the molecule is Cc1cc(C(=O)NCC(C)(C)N)nn1C.Cl. The lowest BCUT2D eigenvalue weighted by Gasteiger charge is -2.18. The summed E-state index contributed by atoms with van der Waals surface area (Å²) in [4.78, 5) is 11.6. The first kappa shape index (κ1) is 14.9. The molecule has 0 fully saturated rings. The maximum Gasteiger partial charge on any atom is 0.271 e. The molecule has 1 amide bonds. The van der Waals surface area contributed by atoms with Crippen molar-refractivity contribution in [1.82, 2.24) is 15.1 Å². The lowest BCUT2D eigenvalue weighted by Crippen LogP contribution is -2.45. The Morgan fingerprint density at radius 3 is 2.56 bits per heavy atom. The Morgan fingerprint density at radius 2 is 2.19 bits per heavy atom. The van der Waals surface area contributed by atoms with Crippen molar-refractivity contribution in [2.75, 3.05) is 6.54 Å². The number of amides is 1. The number of nitrogens with two attached hydrogens (primary N) is 1. The molecule has 0 saturated heterocycles. The third-order valence-corrected chi connectivity index (χ3v) is 2.05. The van der Waals surface area contributed by atoms with Crippen molar-refractivity contribution >= 4 is 18.3 Å². The number of carbonyl (C=O) groups excluding carboxylic acids is 1. The number of carbonyl (C=O) groups is 1. The smallest absolute Gasteiger partial charge is 0.271 e. The third-order valence-electron chi connectivity index (χ3n) is 2.05. The molecule has 0 spiro atoms. The fraction of sp³-hybridized carbons (Fsp3) is 0.600. The topological polar surface area (TPSA) is 72.9 Å². The molecule has 3 N–H and O–H groups in total. The summed E-state index contributed by atoms with van der Waals surface area (Å²) in [6.45, 7) is 6.05. The average molecular weight is 247 g/mol. The Morgan fingerprint density at radius 1 is 1.62 bits per heavy atom. The van der Waals surface area contributed by atoms with Gasteiger partial charge in [-0.15, -0.1) is 12.4 Å². The lowest BCUT2D eigenvalue weighted by atomic mass is 10.1. The first-order valence-corrected chi connectivity index (χ1v) is 4.87. The molecule has 0 bridgehead atoms. The Hall–Kier alpha value is -1.07. The van der Waals surface area contributed by atoms with E-state index in [9.17, 15) is 4.79 Å². The number of hydrogen-bond donors (Lipinski definition) is 2. The summed E-state index contributed by atoms with van der Waals surface area (Å²) >= 11 is 0. The Bertz CT molecular complexity index is 348. The van der Waals surface area contributed by atoms with Crippen LogP contribution in [0, 0.1) is 6.92 Å². The number of aromatic nitrogens is 2. The van der Waals surface area contributed by atoms with Crippen LogP contribution in [0.15, 0.2) is 6.07 Å². The van der Waals surface area contributed by atoms with E-state index in [2.05, 4.69) is 10.4 Å². The number of nitrogens with zero attached hydrogens (tertiary/aromatic N) is 2. The van der Waals surface area contributed by atoms with Gasteiger partial charge < -0.3 is 11.1 Å². The highest BCUT2D eigenvalue weighted by Crippen LogP contribution is 2.01. The van der Waals surface area contributed by atoms with Crippen LogP contribution in [-0.2, 0) is 7.05 Å². The van der Waals surface area contributed by atoms with Crippen molar-refractivity contribution < 1.29 is 4.79 Å². The van der Waals surface area contributed by atoms with E-state index >= 15 is 0 Å². The van der Waals surface area contributed by atoms with Gasteiger partial charge in [-0.1, -0.05) is 0 Å². The molecule has 0 aliphatic heterocycles. The van der Waals surface area contributed by atoms with E-state index in [0.717, 1.165) is 5.69 Å². The standard InChI is InChI=1S/C10H18N4O.ClH/c1-7-5-8(13-14(7)4)9(15)12-6-10(2,3)11;/h5H,6,11H2,1-4H3,(H,12,15);1H. The second kappa shape index (κ2) is 5.32. The van der Waals surface area contributed by atoms with Crippen LogP contribution < -0.4 is 11.1 Å². The second-order valence-corrected chi connectivity index (χ2v) is 4.47. The van der Waals surface area contributed by atoms with E-state index in [1.165, 1.54) is 0 Å². The molecule has 16 heavy (non-hydrogen) atoms. The van der Waals surface area contributed by atoms with Crippen molar-refractivity contribution in [3.05, 3.63) is 17.5 Å². The largest absolute Gasteiger partial charge is 0.349 e. The molecule has 0 saturated carbocycles. The van der Waals surface area contributed by atoms with E-state index in [0.29, 0.717) is 12.2 Å². The summed E-state index contributed by atoms with van der Waals surface area (Å²) in [5.74, 6) is -0.183. The van der Waals surface area contributed by atoms with Crippen LogP contribution in [0.3, 0.4) is 0 Å². The number of aryl methyl sites for hydroxylation is 2. The Labute approximate surface area is 102 Å². The minimum Gasteiger partial charge on any atom is -0.349 e. The predicted molar refractivity (Wildman–Crippen MR) is 65.8 cm³/mol. The van der Waals surface area contributed by atoms with Gasteiger partial charge in [0, 0.05) is 24.8 Å². The van der Waals surface area contributed by atoms with Gasteiger partial charge in [0.05, 0.1) is 0 Å². The number of rotatable bonds is 3. The number of halogens is 1. The summed E-state index contributed by atoms with van der Waals surface area (Å²) < 4.78 is 1.67. The number of nitrogens with one attached hydrogen (secondary N) is 1. The normalized spacial score (nSPS) is 10.8. The highest BCUT2D eigenvalue weighted by atomic mass is 35.5. The molecular weight excluding hydrogens is 228 g/mol. The fourth-order valence-corrected chi connectivity index (χ4v) is 1.07. The molecule has 92 valence electrons. The van der Waals surface area contributed by atoms with E-state index in [-0.39, 0.29) is 18.3 Å². The zero-order valence-corrected chi connectivity index (χ0v) is 10.9. The second-order valence-electron chi connectivity index (χ2n) is 4.47. The summed E-state index contributed by atoms with van der Waals surface area (Å²) in [5.41, 5.74) is 6.73. The zero-order valence-electron chi connectivity index (χ0n) is 10.1. The molecule has 0 aliphatic rings. The Balaban J connectivity index is 0.00000225. The molecule has 6 heteroatoms. The summed E-state index contributed by atoms with van der Waals surface area (Å²) in [6.07, 6.45) is 0. The van der Waals surface area contributed by atoms with Crippen molar-refractivity contribution in [2.24, 2.45) is 12.8 Å². The minimum atomic E-state index is -0.403. The predicted octanol–water partition coefficient (Wildman–Crippen LogP) is 0.617. The first-order chi connectivity index (χ1) is 6.79. The molecule has 1 aromatic heterocycles. The van der Waals surface area contributed by atoms with Crippen molar-refractivity contribution in [2.45, 2.75) is 26.3 Å². The molecular formula is C10H19ClN4O. The minimum absolute atomic E-state index is 0. The molecule has 0 unspecified atom stereocenters. The van der Waals surface area contributed by atoms with Gasteiger partial charge in [0.2, 0.25) is 0 Å². The van der Waals surface area contributed by atoms with Crippen molar-refractivity contribution in [3.8, 4) is 0 Å². The fourth-order valence-electron chi connectivity index (χ4n) is 1.07. The monoisotopic (exact) mass is 246 g/mol. The maximum atomic E-state index is 11.6. The van der Waals surface area contributed by atoms with Gasteiger partial charge in [0.15, 0.2) is 0 Å². The molecule has 1 heterocycles. The maximum absolute atomic E-state index is 11.6. The van der Waals surface area contributed by atoms with E-state index in [1.807, 2.05) is 20.8 Å². The molecule has 1 rings (SSSR count). The number of hydrogen-bond acceptors (Lipinski definition) is 3. The van der Waals surface area contributed by atoms with E-state index < -0.39 is 5.54 Å². The Kier molecular flexibility index (Phi) is 4.96. The van der Waals surface area contributed by atoms with Crippen molar-refractivity contribution in [3.63, 3.8) is 0 Å². The van der Waals surface area contributed by atoms with Gasteiger partial charge in [0.25, 0.3) is 5.91 Å². The van der Waals surface area contributed by atoms with Crippen LogP contribution in [0.5, 0.6) is 0 Å². The molecule has 0 radical (unpaired) electrons. The summed E-state index contributed by atoms with van der Waals surface area (Å²) in [6, 6.07) is 1.75. The van der Waals surface area contributed by atoms with Crippen LogP contribution in [0.4, 0.5) is 0 Å². The van der Waals surface area contributed by atoms with Crippen LogP contribution in [-0.4, -0.2) is 27.8 Å². The van der Waals surface area contributed by atoms with Crippen LogP contribution >= 0.6 is 12.4 Å².